The summed E-state index contributed by atoms with van der Waals surface area (Å²) in [5.41, 5.74) is 3.86. The number of carbonyl (C=O) groups is 2. The Hall–Kier alpha value is -3.48. The van der Waals surface area contributed by atoms with Crippen LogP contribution in [-0.4, -0.2) is 35.1 Å². The van der Waals surface area contributed by atoms with Crippen LogP contribution in [0.3, 0.4) is 0 Å². The predicted octanol–water partition coefficient (Wildman–Crippen LogP) is 3.44. The van der Waals surface area contributed by atoms with Gasteiger partial charge in [0, 0.05) is 5.69 Å². The monoisotopic (exact) mass is 379 g/mol. The van der Waals surface area contributed by atoms with Crippen LogP contribution in [0.1, 0.15) is 28.7 Å². The van der Waals surface area contributed by atoms with E-state index < -0.39 is 11.9 Å². The molecule has 7 heteroatoms. The molecule has 2 aromatic carbocycles. The standard InChI is InChI=1S/C21H21N3O4/c1-4-27-17-8-6-16(7-9-17)24-20(25)12-28-21(26)15-5-10-18-19(11-15)23-14(3)13(2)22-18/h5-11H,4,12H2,1-3H3,(H,24,25). The third-order valence-electron chi connectivity index (χ3n) is 4.09. The highest BCUT2D eigenvalue weighted by Crippen LogP contribution is 2.16. The average Bonchev–Trinajstić information content (AvgIpc) is 2.68. The van der Waals surface area contributed by atoms with Crippen LogP contribution in [0.15, 0.2) is 42.5 Å². The van der Waals surface area contributed by atoms with Gasteiger partial charge in [-0.3, -0.25) is 4.79 Å². The number of aryl methyl sites for hydroxylation is 2. The zero-order chi connectivity index (χ0) is 20.1. The Morgan fingerprint density at radius 2 is 1.64 bits per heavy atom. The Bertz CT molecular complexity index is 1020. The summed E-state index contributed by atoms with van der Waals surface area (Å²) >= 11 is 0. The maximum atomic E-state index is 12.2. The molecule has 3 aromatic rings. The van der Waals surface area contributed by atoms with E-state index in [1.54, 1.807) is 42.5 Å². The second-order valence-electron chi connectivity index (χ2n) is 6.18. The summed E-state index contributed by atoms with van der Waals surface area (Å²) in [6.07, 6.45) is 0. The maximum Gasteiger partial charge on any atom is 0.338 e. The van der Waals surface area contributed by atoms with Crippen molar-refractivity contribution < 1.29 is 19.1 Å². The molecule has 0 saturated heterocycles. The molecule has 28 heavy (non-hydrogen) atoms. The van der Waals surface area contributed by atoms with Crippen molar-refractivity contribution in [3.05, 3.63) is 59.4 Å². The average molecular weight is 379 g/mol. The molecule has 0 atom stereocenters. The number of nitrogens with zero attached hydrogens (tertiary/aromatic N) is 2. The third-order valence-corrected chi connectivity index (χ3v) is 4.09. The number of ether oxygens (including phenoxy) is 2. The Balaban J connectivity index is 1.59. The highest BCUT2D eigenvalue weighted by atomic mass is 16.5. The number of nitrogens with one attached hydrogen (secondary N) is 1. The lowest BCUT2D eigenvalue weighted by atomic mass is 10.2. The molecule has 144 valence electrons. The van der Waals surface area contributed by atoms with E-state index >= 15 is 0 Å². The van der Waals surface area contributed by atoms with Gasteiger partial charge < -0.3 is 14.8 Å². The van der Waals surface area contributed by atoms with Gasteiger partial charge in [0.25, 0.3) is 5.91 Å². The van der Waals surface area contributed by atoms with E-state index in [0.29, 0.717) is 28.9 Å². The van der Waals surface area contributed by atoms with Crippen molar-refractivity contribution in [2.24, 2.45) is 0 Å². The van der Waals surface area contributed by atoms with Gasteiger partial charge in [0.1, 0.15) is 5.75 Å². The van der Waals surface area contributed by atoms with Gasteiger partial charge in [-0.2, -0.15) is 0 Å². The van der Waals surface area contributed by atoms with Crippen molar-refractivity contribution in [3.8, 4) is 5.75 Å². The predicted molar refractivity (Wildman–Crippen MR) is 106 cm³/mol. The normalized spacial score (nSPS) is 10.5. The molecule has 3 rings (SSSR count). The Labute approximate surface area is 162 Å². The molecule has 0 fully saturated rings. The fourth-order valence-electron chi connectivity index (χ4n) is 2.57. The lowest BCUT2D eigenvalue weighted by Crippen LogP contribution is -2.20. The first kappa shape index (κ1) is 19.3. The highest BCUT2D eigenvalue weighted by molar-refractivity contribution is 5.97. The summed E-state index contributed by atoms with van der Waals surface area (Å²) in [6, 6.07) is 11.9. The number of hydrogen-bond acceptors (Lipinski definition) is 6. The second-order valence-corrected chi connectivity index (χ2v) is 6.18. The van der Waals surface area contributed by atoms with Gasteiger partial charge >= 0.3 is 5.97 Å². The summed E-state index contributed by atoms with van der Waals surface area (Å²) in [5.74, 6) is -0.301. The molecule has 1 N–H and O–H groups in total. The summed E-state index contributed by atoms with van der Waals surface area (Å²) < 4.78 is 10.4. The van der Waals surface area contributed by atoms with Crippen molar-refractivity contribution >= 4 is 28.6 Å². The molecule has 1 amide bonds. The summed E-state index contributed by atoms with van der Waals surface area (Å²) in [7, 11) is 0. The van der Waals surface area contributed by atoms with Gasteiger partial charge in [-0.25, -0.2) is 14.8 Å². The first-order valence-electron chi connectivity index (χ1n) is 8.91. The van der Waals surface area contributed by atoms with Gasteiger partial charge in [-0.05, 0) is 63.2 Å². The number of hydrogen-bond donors (Lipinski definition) is 1. The SMILES string of the molecule is CCOc1ccc(NC(=O)COC(=O)c2ccc3nc(C)c(C)nc3c2)cc1. The van der Waals surface area contributed by atoms with E-state index in [1.807, 2.05) is 20.8 Å². The van der Waals surface area contributed by atoms with Crippen molar-refractivity contribution in [3.63, 3.8) is 0 Å². The van der Waals surface area contributed by atoms with Crippen molar-refractivity contribution in [1.29, 1.82) is 0 Å². The minimum Gasteiger partial charge on any atom is -0.494 e. The molecular weight excluding hydrogens is 358 g/mol. The van der Waals surface area contributed by atoms with Crippen LogP contribution in [-0.2, 0) is 9.53 Å². The van der Waals surface area contributed by atoms with Crippen LogP contribution in [0.5, 0.6) is 5.75 Å². The molecule has 0 saturated carbocycles. The number of fused-ring (bicyclic) bond motifs is 1. The topological polar surface area (TPSA) is 90.4 Å². The van der Waals surface area contributed by atoms with Crippen LogP contribution in [0, 0.1) is 13.8 Å². The largest absolute Gasteiger partial charge is 0.494 e. The summed E-state index contributed by atoms with van der Waals surface area (Å²) in [4.78, 5) is 33.1. The smallest absolute Gasteiger partial charge is 0.338 e. The molecule has 0 aliphatic rings. The fraction of sp³-hybridized carbons (Fsp3) is 0.238. The number of rotatable bonds is 6. The van der Waals surface area contributed by atoms with Crippen molar-refractivity contribution in [2.75, 3.05) is 18.5 Å². The number of anilines is 1. The zero-order valence-electron chi connectivity index (χ0n) is 16.0. The third kappa shape index (κ3) is 4.62. The summed E-state index contributed by atoms with van der Waals surface area (Å²) in [6.45, 7) is 5.82. The van der Waals surface area contributed by atoms with Crippen molar-refractivity contribution in [2.45, 2.75) is 20.8 Å². The van der Waals surface area contributed by atoms with E-state index in [2.05, 4.69) is 15.3 Å². The van der Waals surface area contributed by atoms with Gasteiger partial charge in [0.2, 0.25) is 0 Å². The van der Waals surface area contributed by atoms with Gasteiger partial charge in [0.15, 0.2) is 6.61 Å². The van der Waals surface area contributed by atoms with Gasteiger partial charge in [-0.15, -0.1) is 0 Å². The van der Waals surface area contributed by atoms with Gasteiger partial charge in [0.05, 0.1) is 34.6 Å². The molecule has 0 radical (unpaired) electrons. The Morgan fingerprint density at radius 3 is 2.32 bits per heavy atom. The molecule has 7 nitrogen and oxygen atoms in total. The molecule has 1 aromatic heterocycles. The number of aromatic nitrogens is 2. The van der Waals surface area contributed by atoms with E-state index in [-0.39, 0.29) is 6.61 Å². The molecule has 0 aliphatic carbocycles. The highest BCUT2D eigenvalue weighted by Gasteiger charge is 2.12. The Morgan fingerprint density at radius 1 is 0.964 bits per heavy atom. The quantitative estimate of drug-likeness (QED) is 0.660. The Kier molecular flexibility index (Phi) is 5.84. The van der Waals surface area contributed by atoms with E-state index in [0.717, 1.165) is 17.1 Å². The first-order valence-corrected chi connectivity index (χ1v) is 8.91. The number of carbonyl (C=O) groups excluding carboxylic acids is 2. The maximum absolute atomic E-state index is 12.2. The van der Waals surface area contributed by atoms with Gasteiger partial charge in [-0.1, -0.05) is 0 Å². The van der Waals surface area contributed by atoms with E-state index in [1.165, 1.54) is 0 Å². The van der Waals surface area contributed by atoms with Crippen molar-refractivity contribution in [1.82, 2.24) is 9.97 Å². The zero-order valence-corrected chi connectivity index (χ0v) is 16.0. The lowest BCUT2D eigenvalue weighted by Gasteiger charge is -2.08. The summed E-state index contributed by atoms with van der Waals surface area (Å²) in [5, 5.41) is 2.67. The second kappa shape index (κ2) is 8.47. The van der Waals surface area contributed by atoms with Crippen LogP contribution in [0.4, 0.5) is 5.69 Å². The van der Waals surface area contributed by atoms with Crippen LogP contribution < -0.4 is 10.1 Å². The molecule has 0 bridgehead atoms. The number of amides is 1. The number of benzene rings is 2. The van der Waals surface area contributed by atoms with Crippen LogP contribution >= 0.6 is 0 Å². The molecule has 0 unspecified atom stereocenters. The number of esters is 1. The lowest BCUT2D eigenvalue weighted by molar-refractivity contribution is -0.119. The first-order chi connectivity index (χ1) is 13.5. The van der Waals surface area contributed by atoms with E-state index in [9.17, 15) is 9.59 Å². The molecule has 1 heterocycles. The molecule has 0 spiro atoms. The molecular formula is C21H21N3O4. The van der Waals surface area contributed by atoms with Crippen LogP contribution in [0.2, 0.25) is 0 Å². The molecule has 0 aliphatic heterocycles. The van der Waals surface area contributed by atoms with Crippen LogP contribution in [0.25, 0.3) is 11.0 Å². The van der Waals surface area contributed by atoms with E-state index in [4.69, 9.17) is 9.47 Å². The minimum atomic E-state index is -0.594. The fourth-order valence-corrected chi connectivity index (χ4v) is 2.57. The minimum absolute atomic E-state index is 0.318.